The van der Waals surface area contributed by atoms with Crippen LogP contribution in [0.4, 0.5) is 5.69 Å². The van der Waals surface area contributed by atoms with E-state index in [2.05, 4.69) is 10.0 Å². The number of hydrogen-bond donors (Lipinski definition) is 2. The van der Waals surface area contributed by atoms with Gasteiger partial charge in [0.15, 0.2) is 0 Å². The Morgan fingerprint density at radius 3 is 2.56 bits per heavy atom. The lowest BCUT2D eigenvalue weighted by atomic mass is 10.0. The molecule has 0 bridgehead atoms. The molecule has 0 aliphatic carbocycles. The van der Waals surface area contributed by atoms with Crippen LogP contribution in [0.3, 0.4) is 0 Å². The largest absolute Gasteiger partial charge is 0.325 e. The Bertz CT molecular complexity index is 960. The van der Waals surface area contributed by atoms with Crippen molar-refractivity contribution in [2.75, 3.05) is 5.32 Å². The van der Waals surface area contributed by atoms with Crippen molar-refractivity contribution in [2.24, 2.45) is 0 Å². The maximum Gasteiger partial charge on any atom is 0.241 e. The van der Waals surface area contributed by atoms with Gasteiger partial charge in [0.05, 0.1) is 10.8 Å². The van der Waals surface area contributed by atoms with Crippen LogP contribution in [-0.2, 0) is 14.8 Å². The van der Waals surface area contributed by atoms with Crippen molar-refractivity contribution in [3.8, 4) is 0 Å². The maximum absolute atomic E-state index is 12.7. The molecule has 2 aromatic carbocycles. The number of nitrogens with one attached hydrogen (secondary N) is 2. The lowest BCUT2D eigenvalue weighted by Gasteiger charge is -2.17. The average molecular weight is 399 g/mol. The third kappa shape index (κ3) is 3.53. The second-order valence-electron chi connectivity index (χ2n) is 5.97. The number of sulfonamides is 1. The van der Waals surface area contributed by atoms with Gasteiger partial charge in [0.2, 0.25) is 15.9 Å². The van der Waals surface area contributed by atoms with Gasteiger partial charge in [0.25, 0.3) is 0 Å². The fourth-order valence-corrected chi connectivity index (χ4v) is 4.61. The van der Waals surface area contributed by atoms with Crippen molar-refractivity contribution in [1.29, 1.82) is 0 Å². The Balaban J connectivity index is 1.89. The normalized spacial score (nSPS) is 17.9. The van der Waals surface area contributed by atoms with E-state index in [9.17, 15) is 13.2 Å². The van der Waals surface area contributed by atoms with Crippen molar-refractivity contribution < 1.29 is 13.2 Å². The van der Waals surface area contributed by atoms with Gasteiger partial charge in [-0.3, -0.25) is 4.79 Å². The van der Waals surface area contributed by atoms with E-state index in [4.69, 9.17) is 23.2 Å². The molecule has 0 saturated heterocycles. The Labute approximate surface area is 156 Å². The van der Waals surface area contributed by atoms with Gasteiger partial charge < -0.3 is 5.32 Å². The number of fused-ring (bicyclic) bond motifs is 1. The molecule has 1 heterocycles. The summed E-state index contributed by atoms with van der Waals surface area (Å²) in [5.74, 6) is -0.521. The van der Waals surface area contributed by atoms with E-state index in [1.54, 1.807) is 38.1 Å². The summed E-state index contributed by atoms with van der Waals surface area (Å²) in [6.45, 7) is 3.44. The molecule has 0 unspecified atom stereocenters. The predicted molar refractivity (Wildman–Crippen MR) is 98.7 cm³/mol. The van der Waals surface area contributed by atoms with E-state index in [0.717, 1.165) is 0 Å². The fraction of sp³-hybridized carbons (Fsp3) is 0.235. The topological polar surface area (TPSA) is 75.3 Å². The van der Waals surface area contributed by atoms with Gasteiger partial charge in [0.1, 0.15) is 0 Å². The fourth-order valence-electron chi connectivity index (χ4n) is 2.78. The summed E-state index contributed by atoms with van der Waals surface area (Å²) < 4.78 is 28.0. The summed E-state index contributed by atoms with van der Waals surface area (Å²) in [7, 11) is -3.78. The van der Waals surface area contributed by atoms with Crippen molar-refractivity contribution in [3.05, 3.63) is 57.6 Å². The molecule has 5 nitrogen and oxygen atoms in total. The number of anilines is 1. The van der Waals surface area contributed by atoms with Crippen molar-refractivity contribution in [2.45, 2.75) is 30.7 Å². The first-order chi connectivity index (χ1) is 11.7. The molecule has 1 aliphatic heterocycles. The van der Waals surface area contributed by atoms with Crippen LogP contribution in [0.2, 0.25) is 10.0 Å². The van der Waals surface area contributed by atoms with E-state index in [1.165, 1.54) is 12.1 Å². The monoisotopic (exact) mass is 398 g/mol. The zero-order valence-corrected chi connectivity index (χ0v) is 15.8. The minimum atomic E-state index is -3.78. The van der Waals surface area contributed by atoms with Gasteiger partial charge in [-0.2, -0.15) is 0 Å². The lowest BCUT2D eigenvalue weighted by molar-refractivity contribution is -0.116. The highest BCUT2D eigenvalue weighted by Crippen LogP contribution is 2.34. The quantitative estimate of drug-likeness (QED) is 0.813. The Hall–Kier alpha value is -1.60. The minimum Gasteiger partial charge on any atom is -0.325 e. The standard InChI is InChI=1S/C17H16Cl2N2O3S/c1-9-14-8-12(4-6-16(14)20-17(9)22)25(23,24)21-10(2)13-5-3-11(18)7-15(13)19/h3-10,21H,1-2H3,(H,20,22)/t9-,10-/m1/s1. The Morgan fingerprint density at radius 2 is 1.88 bits per heavy atom. The zero-order chi connectivity index (χ0) is 18.4. The van der Waals surface area contributed by atoms with Gasteiger partial charge in [-0.1, -0.05) is 29.3 Å². The first-order valence-corrected chi connectivity index (χ1v) is 9.85. The molecule has 0 spiro atoms. The summed E-state index contributed by atoms with van der Waals surface area (Å²) in [6, 6.07) is 8.96. The van der Waals surface area contributed by atoms with Gasteiger partial charge in [-0.15, -0.1) is 0 Å². The van der Waals surface area contributed by atoms with Crippen LogP contribution in [0.1, 0.15) is 36.9 Å². The Kier molecular flexibility index (Phi) is 4.81. The summed E-state index contributed by atoms with van der Waals surface area (Å²) in [6.07, 6.45) is 0. The first kappa shape index (κ1) is 18.2. The molecule has 3 rings (SSSR count). The summed E-state index contributed by atoms with van der Waals surface area (Å²) >= 11 is 12.0. The second-order valence-corrected chi connectivity index (χ2v) is 8.53. The second kappa shape index (κ2) is 6.61. The van der Waals surface area contributed by atoms with Crippen LogP contribution >= 0.6 is 23.2 Å². The van der Waals surface area contributed by atoms with Gasteiger partial charge in [0, 0.05) is 21.8 Å². The molecule has 2 aromatic rings. The zero-order valence-electron chi connectivity index (χ0n) is 13.5. The molecule has 2 atom stereocenters. The van der Waals surface area contributed by atoms with Crippen LogP contribution in [-0.4, -0.2) is 14.3 Å². The molecule has 132 valence electrons. The smallest absolute Gasteiger partial charge is 0.241 e. The highest BCUT2D eigenvalue weighted by atomic mass is 35.5. The molecule has 0 radical (unpaired) electrons. The number of rotatable bonds is 4. The number of carbonyl (C=O) groups excluding carboxylic acids is 1. The average Bonchev–Trinajstić information content (AvgIpc) is 2.81. The van der Waals surface area contributed by atoms with Crippen LogP contribution in [0.5, 0.6) is 0 Å². The molecule has 1 amide bonds. The third-order valence-electron chi connectivity index (χ3n) is 4.21. The Morgan fingerprint density at radius 1 is 1.16 bits per heavy atom. The number of amides is 1. The molecule has 1 aliphatic rings. The summed E-state index contributed by atoms with van der Waals surface area (Å²) in [5.41, 5.74) is 1.94. The van der Waals surface area contributed by atoms with Crippen molar-refractivity contribution >= 4 is 44.8 Å². The van der Waals surface area contributed by atoms with Crippen LogP contribution < -0.4 is 10.0 Å². The SMILES string of the molecule is C[C@@H](NS(=O)(=O)c1ccc2c(c1)[C@@H](C)C(=O)N2)c1ccc(Cl)cc1Cl. The maximum atomic E-state index is 12.7. The molecule has 2 N–H and O–H groups in total. The van der Waals surface area contributed by atoms with E-state index >= 15 is 0 Å². The van der Waals surface area contributed by atoms with Gasteiger partial charge in [-0.05, 0) is 55.3 Å². The van der Waals surface area contributed by atoms with Crippen LogP contribution in [0.15, 0.2) is 41.3 Å². The van der Waals surface area contributed by atoms with Crippen LogP contribution in [0, 0.1) is 0 Å². The first-order valence-electron chi connectivity index (χ1n) is 7.61. The van der Waals surface area contributed by atoms with Crippen molar-refractivity contribution in [3.63, 3.8) is 0 Å². The third-order valence-corrected chi connectivity index (χ3v) is 6.31. The predicted octanol–water partition coefficient (Wildman–Crippen LogP) is 4.09. The molecular weight excluding hydrogens is 383 g/mol. The molecular formula is C17H16Cl2N2O3S. The summed E-state index contributed by atoms with van der Waals surface area (Å²) in [5, 5.41) is 3.59. The highest BCUT2D eigenvalue weighted by molar-refractivity contribution is 7.89. The van der Waals surface area contributed by atoms with E-state index < -0.39 is 16.1 Å². The van der Waals surface area contributed by atoms with Gasteiger partial charge in [-0.25, -0.2) is 13.1 Å². The summed E-state index contributed by atoms with van der Waals surface area (Å²) in [4.78, 5) is 11.8. The van der Waals surface area contributed by atoms with Crippen LogP contribution in [0.25, 0.3) is 0 Å². The molecule has 8 heteroatoms. The van der Waals surface area contributed by atoms with E-state index in [0.29, 0.717) is 26.9 Å². The minimum absolute atomic E-state index is 0.103. The molecule has 25 heavy (non-hydrogen) atoms. The number of benzene rings is 2. The van der Waals surface area contributed by atoms with E-state index in [1.807, 2.05) is 0 Å². The number of halogens is 2. The number of hydrogen-bond acceptors (Lipinski definition) is 3. The molecule has 0 aromatic heterocycles. The van der Waals surface area contributed by atoms with E-state index in [-0.39, 0.29) is 16.7 Å². The highest BCUT2D eigenvalue weighted by Gasteiger charge is 2.29. The van der Waals surface area contributed by atoms with Crippen molar-refractivity contribution in [1.82, 2.24) is 4.72 Å². The molecule has 0 saturated carbocycles. The number of carbonyl (C=O) groups is 1. The van der Waals surface area contributed by atoms with Gasteiger partial charge >= 0.3 is 0 Å². The lowest BCUT2D eigenvalue weighted by Crippen LogP contribution is -2.27. The molecule has 0 fully saturated rings.